The zero-order chi connectivity index (χ0) is 16.9. The Balaban J connectivity index is 1.89. The third kappa shape index (κ3) is 5.36. The summed E-state index contributed by atoms with van der Waals surface area (Å²) < 4.78 is 0. The number of amides is 1. The van der Waals surface area contributed by atoms with Crippen molar-refractivity contribution < 1.29 is 4.79 Å². The molecule has 1 amide bonds. The van der Waals surface area contributed by atoms with Gasteiger partial charge in [-0.2, -0.15) is 10.2 Å². The maximum Gasteiger partial charge on any atom is 0.234 e. The fraction of sp³-hybridized carbons (Fsp3) is 0.389. The van der Waals surface area contributed by atoms with Gasteiger partial charge in [-0.25, -0.2) is 0 Å². The molecule has 1 N–H and O–H groups in total. The van der Waals surface area contributed by atoms with E-state index in [-0.39, 0.29) is 11.3 Å². The second kappa shape index (κ2) is 7.59. The summed E-state index contributed by atoms with van der Waals surface area (Å²) in [5, 5.41) is 11.1. The first kappa shape index (κ1) is 17.5. The van der Waals surface area contributed by atoms with Gasteiger partial charge in [0.2, 0.25) is 5.91 Å². The molecule has 0 radical (unpaired) electrons. The van der Waals surface area contributed by atoms with Crippen molar-refractivity contribution in [1.82, 2.24) is 10.2 Å². The zero-order valence-electron chi connectivity index (χ0n) is 14.1. The smallest absolute Gasteiger partial charge is 0.234 e. The lowest BCUT2D eigenvalue weighted by Gasteiger charge is -2.22. The van der Waals surface area contributed by atoms with Crippen molar-refractivity contribution in [2.75, 3.05) is 11.1 Å². The molecule has 1 aromatic heterocycles. The summed E-state index contributed by atoms with van der Waals surface area (Å²) in [5.41, 5.74) is 3.82. The van der Waals surface area contributed by atoms with Gasteiger partial charge in [-0.1, -0.05) is 39.0 Å². The van der Waals surface area contributed by atoms with Crippen LogP contribution in [0.25, 0.3) is 0 Å². The Morgan fingerprint density at radius 3 is 2.52 bits per heavy atom. The SMILES string of the molecule is Cc1ccc(CSCC(=O)Nc2ccccc2C(C)(C)C)nn1. The molecule has 0 spiro atoms. The van der Waals surface area contributed by atoms with Gasteiger partial charge >= 0.3 is 0 Å². The van der Waals surface area contributed by atoms with E-state index in [4.69, 9.17) is 0 Å². The van der Waals surface area contributed by atoms with Gasteiger partial charge < -0.3 is 5.32 Å². The van der Waals surface area contributed by atoms with Crippen LogP contribution in [0, 0.1) is 6.92 Å². The maximum atomic E-state index is 12.2. The Kier molecular flexibility index (Phi) is 5.77. The predicted octanol–water partition coefficient (Wildman–Crippen LogP) is 3.95. The molecule has 0 aliphatic rings. The Bertz CT molecular complexity index is 663. The minimum atomic E-state index is -0.00545. The number of rotatable bonds is 5. The highest BCUT2D eigenvalue weighted by atomic mass is 32.2. The van der Waals surface area contributed by atoms with Crippen molar-refractivity contribution in [3.05, 3.63) is 53.3 Å². The van der Waals surface area contributed by atoms with Crippen molar-refractivity contribution in [2.45, 2.75) is 38.9 Å². The van der Waals surface area contributed by atoms with Crippen LogP contribution in [0.5, 0.6) is 0 Å². The van der Waals surface area contributed by atoms with Crippen LogP contribution in [0.1, 0.15) is 37.7 Å². The quantitative estimate of drug-likeness (QED) is 0.902. The molecular formula is C18H23N3OS. The van der Waals surface area contributed by atoms with Gasteiger partial charge in [0.1, 0.15) is 0 Å². The highest BCUT2D eigenvalue weighted by molar-refractivity contribution is 7.99. The van der Waals surface area contributed by atoms with Crippen molar-refractivity contribution in [3.8, 4) is 0 Å². The van der Waals surface area contributed by atoms with Gasteiger partial charge in [0, 0.05) is 11.4 Å². The number of para-hydroxylation sites is 1. The van der Waals surface area contributed by atoms with E-state index in [1.165, 1.54) is 11.8 Å². The molecule has 5 heteroatoms. The number of aromatic nitrogens is 2. The molecule has 23 heavy (non-hydrogen) atoms. The maximum absolute atomic E-state index is 12.2. The first-order valence-electron chi connectivity index (χ1n) is 7.62. The van der Waals surface area contributed by atoms with Crippen LogP contribution >= 0.6 is 11.8 Å². The largest absolute Gasteiger partial charge is 0.325 e. The van der Waals surface area contributed by atoms with Crippen molar-refractivity contribution in [3.63, 3.8) is 0 Å². The molecule has 122 valence electrons. The number of hydrogen-bond acceptors (Lipinski definition) is 4. The number of thioether (sulfide) groups is 1. The Labute approximate surface area is 142 Å². The molecule has 0 fully saturated rings. The number of anilines is 1. The number of aryl methyl sites for hydroxylation is 1. The van der Waals surface area contributed by atoms with Gasteiger partial charge in [0.25, 0.3) is 0 Å². The second-order valence-electron chi connectivity index (χ2n) is 6.50. The molecule has 0 saturated heterocycles. The number of carbonyl (C=O) groups is 1. The topological polar surface area (TPSA) is 54.9 Å². The first-order chi connectivity index (χ1) is 10.9. The van der Waals surface area contributed by atoms with Crippen LogP contribution in [-0.2, 0) is 16.0 Å². The average molecular weight is 329 g/mol. The molecule has 0 aliphatic carbocycles. The highest BCUT2D eigenvalue weighted by Gasteiger charge is 2.18. The Morgan fingerprint density at radius 1 is 1.13 bits per heavy atom. The van der Waals surface area contributed by atoms with Crippen LogP contribution < -0.4 is 5.32 Å². The van der Waals surface area contributed by atoms with Crippen LogP contribution in [0.15, 0.2) is 36.4 Å². The summed E-state index contributed by atoms with van der Waals surface area (Å²) in [6.07, 6.45) is 0. The first-order valence-corrected chi connectivity index (χ1v) is 8.78. The summed E-state index contributed by atoms with van der Waals surface area (Å²) in [6, 6.07) is 11.8. The van der Waals surface area contributed by atoms with Crippen molar-refractivity contribution >= 4 is 23.4 Å². The average Bonchev–Trinajstić information content (AvgIpc) is 2.49. The number of carbonyl (C=O) groups excluding carboxylic acids is 1. The standard InChI is InChI=1S/C18H23N3OS/c1-13-9-10-14(21-20-13)11-23-12-17(22)19-16-8-6-5-7-15(16)18(2,3)4/h5-10H,11-12H2,1-4H3,(H,19,22). The molecule has 2 aromatic rings. The monoisotopic (exact) mass is 329 g/mol. The predicted molar refractivity (Wildman–Crippen MR) is 96.7 cm³/mol. The number of hydrogen-bond donors (Lipinski definition) is 1. The Hall–Kier alpha value is -1.88. The molecule has 0 unspecified atom stereocenters. The van der Waals surface area contributed by atoms with E-state index in [0.717, 1.165) is 22.6 Å². The third-order valence-corrected chi connectivity index (χ3v) is 4.31. The van der Waals surface area contributed by atoms with Crippen molar-refractivity contribution in [2.24, 2.45) is 0 Å². The highest BCUT2D eigenvalue weighted by Crippen LogP contribution is 2.29. The third-order valence-electron chi connectivity index (χ3n) is 3.35. The van der Waals surface area contributed by atoms with E-state index in [1.807, 2.05) is 37.3 Å². The van der Waals surface area contributed by atoms with E-state index in [1.54, 1.807) is 0 Å². The zero-order valence-corrected chi connectivity index (χ0v) is 14.9. The summed E-state index contributed by atoms with van der Waals surface area (Å²) in [6.45, 7) is 8.33. The molecular weight excluding hydrogens is 306 g/mol. The van der Waals surface area contributed by atoms with E-state index >= 15 is 0 Å². The second-order valence-corrected chi connectivity index (χ2v) is 7.49. The van der Waals surface area contributed by atoms with Gasteiger partial charge in [-0.15, -0.1) is 11.8 Å². The van der Waals surface area contributed by atoms with Gasteiger partial charge in [0.15, 0.2) is 0 Å². The van der Waals surface area contributed by atoms with E-state index < -0.39 is 0 Å². The lowest BCUT2D eigenvalue weighted by Crippen LogP contribution is -2.19. The van der Waals surface area contributed by atoms with Crippen molar-refractivity contribution in [1.29, 1.82) is 0 Å². The summed E-state index contributed by atoms with van der Waals surface area (Å²) in [5.74, 6) is 1.09. The normalized spacial score (nSPS) is 11.3. The lowest BCUT2D eigenvalue weighted by molar-refractivity contribution is -0.113. The van der Waals surface area contributed by atoms with E-state index in [0.29, 0.717) is 11.5 Å². The fourth-order valence-electron chi connectivity index (χ4n) is 2.18. The number of nitrogens with zero attached hydrogens (tertiary/aromatic N) is 2. The van der Waals surface area contributed by atoms with Gasteiger partial charge in [0.05, 0.1) is 17.1 Å². The lowest BCUT2D eigenvalue weighted by atomic mass is 9.86. The molecule has 4 nitrogen and oxygen atoms in total. The summed E-state index contributed by atoms with van der Waals surface area (Å²) in [4.78, 5) is 12.2. The number of nitrogens with one attached hydrogen (secondary N) is 1. The molecule has 0 aliphatic heterocycles. The molecule has 1 aromatic carbocycles. The minimum Gasteiger partial charge on any atom is -0.325 e. The summed E-state index contributed by atoms with van der Waals surface area (Å²) >= 11 is 1.54. The van der Waals surface area contributed by atoms with Crippen LogP contribution in [0.2, 0.25) is 0 Å². The molecule has 0 atom stereocenters. The molecule has 0 bridgehead atoms. The van der Waals surface area contributed by atoms with Crippen LogP contribution in [0.3, 0.4) is 0 Å². The fourth-order valence-corrected chi connectivity index (χ4v) is 2.91. The molecule has 1 heterocycles. The summed E-state index contributed by atoms with van der Waals surface area (Å²) in [7, 11) is 0. The number of benzene rings is 1. The van der Waals surface area contributed by atoms with Gasteiger partial charge in [-0.05, 0) is 36.1 Å². The van der Waals surface area contributed by atoms with E-state index in [2.05, 4.69) is 42.4 Å². The molecule has 2 rings (SSSR count). The van der Waals surface area contributed by atoms with Gasteiger partial charge in [-0.3, -0.25) is 4.79 Å². The molecule has 0 saturated carbocycles. The van der Waals surface area contributed by atoms with E-state index in [9.17, 15) is 4.79 Å². The minimum absolute atomic E-state index is 0.00545. The van der Waals surface area contributed by atoms with Crippen LogP contribution in [0.4, 0.5) is 5.69 Å². The van der Waals surface area contributed by atoms with Crippen LogP contribution in [-0.4, -0.2) is 21.9 Å². The Morgan fingerprint density at radius 2 is 1.87 bits per heavy atom.